The maximum absolute atomic E-state index is 12.8. The van der Waals surface area contributed by atoms with Crippen LogP contribution in [0, 0.1) is 12.7 Å². The Balaban J connectivity index is 1.74. The second-order valence-corrected chi connectivity index (χ2v) is 4.90. The molecular weight excluding hydrogens is 273 g/mol. The van der Waals surface area contributed by atoms with Crippen LogP contribution < -0.4 is 5.32 Å². The molecule has 0 bridgehead atoms. The van der Waals surface area contributed by atoms with Crippen LogP contribution in [-0.4, -0.2) is 27.3 Å². The van der Waals surface area contributed by atoms with Gasteiger partial charge in [0.25, 0.3) is 0 Å². The molecule has 0 radical (unpaired) electrons. The minimum Gasteiger partial charge on any atom is -0.387 e. The Kier molecular flexibility index (Phi) is 5.05. The van der Waals surface area contributed by atoms with E-state index < -0.39 is 6.10 Å². The third-order valence-corrected chi connectivity index (χ3v) is 3.08. The van der Waals surface area contributed by atoms with E-state index in [1.165, 1.54) is 24.3 Å². The molecule has 1 unspecified atom stereocenters. The number of aromatic nitrogens is 2. The van der Waals surface area contributed by atoms with Crippen molar-refractivity contribution in [2.75, 3.05) is 6.54 Å². The smallest absolute Gasteiger partial charge is 0.221 e. The fourth-order valence-corrected chi connectivity index (χ4v) is 1.91. The molecule has 0 aliphatic heterocycles. The first-order chi connectivity index (χ1) is 10.0. The van der Waals surface area contributed by atoms with Crippen molar-refractivity contribution in [3.8, 4) is 0 Å². The van der Waals surface area contributed by atoms with E-state index in [4.69, 9.17) is 0 Å². The zero-order chi connectivity index (χ0) is 15.2. The number of nitrogens with zero attached hydrogens (tertiary/aromatic N) is 2. The van der Waals surface area contributed by atoms with Crippen LogP contribution in [-0.2, 0) is 11.3 Å². The second-order valence-electron chi connectivity index (χ2n) is 4.90. The van der Waals surface area contributed by atoms with E-state index in [2.05, 4.69) is 10.4 Å². The minimum absolute atomic E-state index is 0.0998. The molecule has 1 aromatic heterocycles. The number of carbonyl (C=O) groups is 1. The lowest BCUT2D eigenvalue weighted by Gasteiger charge is -2.12. The molecule has 6 heteroatoms. The predicted molar refractivity (Wildman–Crippen MR) is 76.0 cm³/mol. The number of nitrogens with one attached hydrogen (secondary N) is 1. The average molecular weight is 291 g/mol. The van der Waals surface area contributed by atoms with Crippen molar-refractivity contribution < 1.29 is 14.3 Å². The number of halogens is 1. The van der Waals surface area contributed by atoms with Gasteiger partial charge in [0.05, 0.1) is 12.3 Å². The van der Waals surface area contributed by atoms with Gasteiger partial charge in [-0.2, -0.15) is 5.10 Å². The van der Waals surface area contributed by atoms with Crippen LogP contribution in [0.3, 0.4) is 0 Å². The number of rotatable bonds is 6. The zero-order valence-electron chi connectivity index (χ0n) is 11.8. The molecule has 0 saturated heterocycles. The number of aliphatic hydroxyl groups is 1. The topological polar surface area (TPSA) is 67.2 Å². The van der Waals surface area contributed by atoms with Crippen molar-refractivity contribution in [2.24, 2.45) is 0 Å². The quantitative estimate of drug-likeness (QED) is 0.849. The van der Waals surface area contributed by atoms with Crippen LogP contribution in [0.5, 0.6) is 0 Å². The fraction of sp³-hybridized carbons (Fsp3) is 0.333. The van der Waals surface area contributed by atoms with Crippen LogP contribution >= 0.6 is 0 Å². The van der Waals surface area contributed by atoms with Crippen LogP contribution in [0.15, 0.2) is 36.7 Å². The van der Waals surface area contributed by atoms with Gasteiger partial charge in [0.2, 0.25) is 5.91 Å². The Morgan fingerprint density at radius 3 is 2.76 bits per heavy atom. The van der Waals surface area contributed by atoms with E-state index in [1.54, 1.807) is 10.9 Å². The van der Waals surface area contributed by atoms with Crippen LogP contribution in [0.4, 0.5) is 4.39 Å². The third-order valence-electron chi connectivity index (χ3n) is 3.08. The summed E-state index contributed by atoms with van der Waals surface area (Å²) in [6.07, 6.45) is 3.04. The standard InChI is InChI=1S/C15H18FN3O2/c1-11-8-18-19(10-11)7-6-15(21)17-9-14(20)12-2-4-13(16)5-3-12/h2-5,8,10,14,20H,6-7,9H2,1H3,(H,17,21). The van der Waals surface area contributed by atoms with Crippen LogP contribution in [0.1, 0.15) is 23.7 Å². The zero-order valence-corrected chi connectivity index (χ0v) is 11.8. The first kappa shape index (κ1) is 15.2. The van der Waals surface area contributed by atoms with E-state index in [1.807, 2.05) is 13.1 Å². The van der Waals surface area contributed by atoms with E-state index in [9.17, 15) is 14.3 Å². The highest BCUT2D eigenvalue weighted by Gasteiger charge is 2.09. The Labute approximate surface area is 122 Å². The molecule has 21 heavy (non-hydrogen) atoms. The van der Waals surface area contributed by atoms with Crippen molar-refractivity contribution in [3.63, 3.8) is 0 Å². The van der Waals surface area contributed by atoms with Gasteiger partial charge in [-0.25, -0.2) is 4.39 Å². The van der Waals surface area contributed by atoms with Crippen molar-refractivity contribution >= 4 is 5.91 Å². The monoisotopic (exact) mass is 291 g/mol. The van der Waals surface area contributed by atoms with Gasteiger partial charge in [0.1, 0.15) is 5.82 Å². The summed E-state index contributed by atoms with van der Waals surface area (Å²) in [4.78, 5) is 11.7. The summed E-state index contributed by atoms with van der Waals surface area (Å²) in [5.74, 6) is -0.520. The lowest BCUT2D eigenvalue weighted by Crippen LogP contribution is -2.29. The second kappa shape index (κ2) is 6.99. The highest BCUT2D eigenvalue weighted by atomic mass is 19.1. The van der Waals surface area contributed by atoms with Gasteiger partial charge < -0.3 is 10.4 Å². The van der Waals surface area contributed by atoms with Crippen molar-refractivity contribution in [1.29, 1.82) is 0 Å². The summed E-state index contributed by atoms with van der Waals surface area (Å²) in [7, 11) is 0. The van der Waals surface area contributed by atoms with Gasteiger partial charge in [0, 0.05) is 25.7 Å². The summed E-state index contributed by atoms with van der Waals surface area (Å²) in [6, 6.07) is 5.55. The number of hydrogen-bond donors (Lipinski definition) is 2. The highest BCUT2D eigenvalue weighted by Crippen LogP contribution is 2.12. The lowest BCUT2D eigenvalue weighted by molar-refractivity contribution is -0.121. The first-order valence-electron chi connectivity index (χ1n) is 6.74. The number of amides is 1. The molecule has 112 valence electrons. The molecular formula is C15H18FN3O2. The van der Waals surface area contributed by atoms with E-state index in [-0.39, 0.29) is 24.7 Å². The Bertz CT molecular complexity index is 595. The molecule has 1 aromatic carbocycles. The molecule has 0 aliphatic carbocycles. The molecule has 0 saturated carbocycles. The molecule has 1 atom stereocenters. The molecule has 5 nitrogen and oxygen atoms in total. The molecule has 2 aromatic rings. The van der Waals surface area contributed by atoms with Gasteiger partial charge in [-0.05, 0) is 30.2 Å². The average Bonchev–Trinajstić information content (AvgIpc) is 2.89. The summed E-state index contributed by atoms with van der Waals surface area (Å²) in [5.41, 5.74) is 1.61. The summed E-state index contributed by atoms with van der Waals surface area (Å²) in [6.45, 7) is 2.53. The van der Waals surface area contributed by atoms with Gasteiger partial charge in [-0.1, -0.05) is 12.1 Å². The molecule has 2 N–H and O–H groups in total. The number of benzene rings is 1. The van der Waals surface area contributed by atoms with Gasteiger partial charge in [0.15, 0.2) is 0 Å². The Morgan fingerprint density at radius 1 is 1.43 bits per heavy atom. The summed E-state index contributed by atoms with van der Waals surface area (Å²) in [5, 5.41) is 16.6. The van der Waals surface area contributed by atoms with Crippen LogP contribution in [0.2, 0.25) is 0 Å². The van der Waals surface area contributed by atoms with E-state index >= 15 is 0 Å². The van der Waals surface area contributed by atoms with Crippen molar-refractivity contribution in [2.45, 2.75) is 26.0 Å². The number of carbonyl (C=O) groups excluding carboxylic acids is 1. The molecule has 0 fully saturated rings. The van der Waals surface area contributed by atoms with Gasteiger partial charge in [-0.15, -0.1) is 0 Å². The lowest BCUT2D eigenvalue weighted by atomic mass is 10.1. The number of hydrogen-bond acceptors (Lipinski definition) is 3. The van der Waals surface area contributed by atoms with Crippen LogP contribution in [0.25, 0.3) is 0 Å². The largest absolute Gasteiger partial charge is 0.387 e. The van der Waals surface area contributed by atoms with Gasteiger partial charge >= 0.3 is 0 Å². The molecule has 0 aliphatic rings. The maximum Gasteiger partial charge on any atom is 0.221 e. The molecule has 1 amide bonds. The van der Waals surface area contributed by atoms with Gasteiger partial charge in [-0.3, -0.25) is 9.48 Å². The minimum atomic E-state index is -0.846. The summed E-state index contributed by atoms with van der Waals surface area (Å²) < 4.78 is 14.5. The normalized spacial score (nSPS) is 12.1. The van der Waals surface area contributed by atoms with Crippen molar-refractivity contribution in [3.05, 3.63) is 53.6 Å². The van der Waals surface area contributed by atoms with Crippen molar-refractivity contribution in [1.82, 2.24) is 15.1 Å². The number of aliphatic hydroxyl groups excluding tert-OH is 1. The fourth-order valence-electron chi connectivity index (χ4n) is 1.91. The predicted octanol–water partition coefficient (Wildman–Crippen LogP) is 1.57. The Morgan fingerprint density at radius 2 is 2.14 bits per heavy atom. The molecule has 0 spiro atoms. The SMILES string of the molecule is Cc1cnn(CCC(=O)NCC(O)c2ccc(F)cc2)c1. The maximum atomic E-state index is 12.8. The first-order valence-corrected chi connectivity index (χ1v) is 6.74. The van der Waals surface area contributed by atoms with E-state index in [0.29, 0.717) is 12.1 Å². The third kappa shape index (κ3) is 4.68. The van der Waals surface area contributed by atoms with E-state index in [0.717, 1.165) is 5.56 Å². The Hall–Kier alpha value is -2.21. The molecule has 2 rings (SSSR count). The summed E-state index contributed by atoms with van der Waals surface area (Å²) >= 11 is 0. The highest BCUT2D eigenvalue weighted by molar-refractivity contribution is 5.75. The molecule has 1 heterocycles. The number of aryl methyl sites for hydroxylation is 2.